The first kappa shape index (κ1) is 19.3. The van der Waals surface area contributed by atoms with Crippen LogP contribution in [0, 0.1) is 6.92 Å². The van der Waals surface area contributed by atoms with Crippen molar-refractivity contribution in [3.8, 4) is 0 Å². The molecule has 1 atom stereocenters. The van der Waals surface area contributed by atoms with Crippen LogP contribution in [-0.2, 0) is 6.54 Å². The quantitative estimate of drug-likeness (QED) is 0.577. The van der Waals surface area contributed by atoms with E-state index in [2.05, 4.69) is 63.9 Å². The number of likely N-dealkylation sites (tertiary alicyclic amines) is 1. The summed E-state index contributed by atoms with van der Waals surface area (Å²) in [7, 11) is 2.09. The van der Waals surface area contributed by atoms with Gasteiger partial charge in [0.1, 0.15) is 0 Å². The second-order valence-corrected chi connectivity index (χ2v) is 8.72. The molecule has 0 amide bonds. The largest absolute Gasteiger partial charge is 0.357 e. The van der Waals surface area contributed by atoms with E-state index in [9.17, 15) is 0 Å². The van der Waals surface area contributed by atoms with Gasteiger partial charge in [-0.3, -0.25) is 9.89 Å². The van der Waals surface area contributed by atoms with Crippen LogP contribution in [0.4, 0.5) is 0 Å². The van der Waals surface area contributed by atoms with Gasteiger partial charge in [0.05, 0.1) is 29.8 Å². The van der Waals surface area contributed by atoms with Crippen LogP contribution in [0.25, 0.3) is 0 Å². The molecule has 0 aliphatic carbocycles. The van der Waals surface area contributed by atoms with Crippen molar-refractivity contribution in [1.82, 2.24) is 20.1 Å². The number of hydrogen-bond acceptors (Lipinski definition) is 5. The Morgan fingerprint density at radius 3 is 2.81 bits per heavy atom. The normalized spacial score (nSPS) is 16.8. The third-order valence-electron chi connectivity index (χ3n) is 4.63. The van der Waals surface area contributed by atoms with E-state index in [-0.39, 0.29) is 0 Å². The number of guanidine groups is 1. The molecule has 1 saturated heterocycles. The van der Waals surface area contributed by atoms with Crippen LogP contribution in [-0.4, -0.2) is 54.0 Å². The second-order valence-electron chi connectivity index (χ2n) is 6.68. The summed E-state index contributed by atoms with van der Waals surface area (Å²) in [5.74, 6) is 0.957. The van der Waals surface area contributed by atoms with Crippen LogP contribution in [0.5, 0.6) is 0 Å². The summed E-state index contributed by atoms with van der Waals surface area (Å²) in [4.78, 5) is 15.7. The van der Waals surface area contributed by atoms with Crippen LogP contribution in [0.1, 0.15) is 41.4 Å². The SMILES string of the molecule is CCNC(=NCC(c1cccs1)N1CCCC1)N(C)Cc1csc(C)n1. The molecule has 0 saturated carbocycles. The number of aliphatic imine (C=N–C) groups is 1. The van der Waals surface area contributed by atoms with Gasteiger partial charge in [-0.05, 0) is 51.2 Å². The maximum absolute atomic E-state index is 4.99. The van der Waals surface area contributed by atoms with E-state index in [0.29, 0.717) is 6.04 Å². The Hall–Kier alpha value is -1.44. The summed E-state index contributed by atoms with van der Waals surface area (Å²) in [5.41, 5.74) is 1.11. The molecule has 1 unspecified atom stereocenters. The molecule has 1 fully saturated rings. The molecule has 0 spiro atoms. The molecule has 1 aliphatic rings. The second kappa shape index (κ2) is 9.48. The fourth-order valence-electron chi connectivity index (χ4n) is 3.36. The van der Waals surface area contributed by atoms with Gasteiger partial charge in [-0.1, -0.05) is 6.07 Å². The number of thiazole rings is 1. The van der Waals surface area contributed by atoms with Crippen molar-refractivity contribution in [2.45, 2.75) is 39.3 Å². The molecule has 0 bridgehead atoms. The zero-order valence-electron chi connectivity index (χ0n) is 15.9. The maximum Gasteiger partial charge on any atom is 0.194 e. The molecular weight excluding hydrogens is 362 g/mol. The fourth-order valence-corrected chi connectivity index (χ4v) is 4.82. The zero-order chi connectivity index (χ0) is 18.4. The molecule has 1 aliphatic heterocycles. The van der Waals surface area contributed by atoms with Crippen molar-refractivity contribution >= 4 is 28.6 Å². The molecule has 5 nitrogen and oxygen atoms in total. The summed E-state index contributed by atoms with van der Waals surface area (Å²) in [6.45, 7) is 8.98. The number of thiophene rings is 1. The van der Waals surface area contributed by atoms with Gasteiger partial charge >= 0.3 is 0 Å². The maximum atomic E-state index is 4.99. The van der Waals surface area contributed by atoms with Crippen molar-refractivity contribution in [2.24, 2.45) is 4.99 Å². The Kier molecular flexibility index (Phi) is 7.05. The van der Waals surface area contributed by atoms with E-state index in [4.69, 9.17) is 4.99 Å². The molecule has 2 aromatic rings. The van der Waals surface area contributed by atoms with Crippen LogP contribution in [0.15, 0.2) is 27.9 Å². The summed E-state index contributed by atoms with van der Waals surface area (Å²) < 4.78 is 0. The van der Waals surface area contributed by atoms with Gasteiger partial charge in [0, 0.05) is 23.8 Å². The van der Waals surface area contributed by atoms with E-state index >= 15 is 0 Å². The highest BCUT2D eigenvalue weighted by Gasteiger charge is 2.24. The van der Waals surface area contributed by atoms with Crippen LogP contribution < -0.4 is 5.32 Å². The van der Waals surface area contributed by atoms with E-state index in [1.54, 1.807) is 11.3 Å². The molecule has 1 N–H and O–H groups in total. The first-order chi connectivity index (χ1) is 12.7. The van der Waals surface area contributed by atoms with E-state index in [0.717, 1.165) is 36.3 Å². The first-order valence-electron chi connectivity index (χ1n) is 9.35. The minimum absolute atomic E-state index is 0.390. The Labute approximate surface area is 164 Å². The van der Waals surface area contributed by atoms with E-state index in [1.807, 2.05) is 11.3 Å². The third-order valence-corrected chi connectivity index (χ3v) is 6.43. The van der Waals surface area contributed by atoms with Gasteiger partial charge in [0.2, 0.25) is 0 Å². The van der Waals surface area contributed by atoms with Gasteiger partial charge in [-0.2, -0.15) is 0 Å². The van der Waals surface area contributed by atoms with Crippen molar-refractivity contribution in [3.63, 3.8) is 0 Å². The average molecular weight is 392 g/mol. The summed E-state index contributed by atoms with van der Waals surface area (Å²) in [5, 5.41) is 8.85. The Balaban J connectivity index is 1.71. The van der Waals surface area contributed by atoms with Gasteiger partial charge in [0.25, 0.3) is 0 Å². The molecule has 7 heteroatoms. The monoisotopic (exact) mass is 391 g/mol. The minimum atomic E-state index is 0.390. The zero-order valence-corrected chi connectivity index (χ0v) is 17.6. The smallest absolute Gasteiger partial charge is 0.194 e. The molecule has 0 aromatic carbocycles. The summed E-state index contributed by atoms with van der Waals surface area (Å²) >= 11 is 3.54. The first-order valence-corrected chi connectivity index (χ1v) is 11.1. The molecule has 142 valence electrons. The minimum Gasteiger partial charge on any atom is -0.357 e. The molecule has 3 heterocycles. The van der Waals surface area contributed by atoms with E-state index in [1.165, 1.54) is 30.8 Å². The van der Waals surface area contributed by atoms with Crippen molar-refractivity contribution in [1.29, 1.82) is 0 Å². The summed E-state index contributed by atoms with van der Waals surface area (Å²) in [6.07, 6.45) is 2.60. The molecule has 26 heavy (non-hydrogen) atoms. The molecule has 3 rings (SSSR count). The van der Waals surface area contributed by atoms with Crippen LogP contribution >= 0.6 is 22.7 Å². The van der Waals surface area contributed by atoms with Crippen molar-refractivity contribution in [3.05, 3.63) is 38.5 Å². The predicted molar refractivity (Wildman–Crippen MR) is 112 cm³/mol. The lowest BCUT2D eigenvalue weighted by atomic mass is 10.2. The number of rotatable bonds is 7. The van der Waals surface area contributed by atoms with E-state index < -0.39 is 0 Å². The summed E-state index contributed by atoms with van der Waals surface area (Å²) in [6, 6.07) is 4.79. The number of aryl methyl sites for hydroxylation is 1. The third kappa shape index (κ3) is 5.05. The van der Waals surface area contributed by atoms with Crippen molar-refractivity contribution < 1.29 is 0 Å². The topological polar surface area (TPSA) is 43.8 Å². The predicted octanol–water partition coefficient (Wildman–Crippen LogP) is 3.75. The van der Waals surface area contributed by atoms with Gasteiger partial charge < -0.3 is 10.2 Å². The van der Waals surface area contributed by atoms with Crippen LogP contribution in [0.3, 0.4) is 0 Å². The number of hydrogen-bond donors (Lipinski definition) is 1. The molecular formula is C19H29N5S2. The highest BCUT2D eigenvalue weighted by molar-refractivity contribution is 7.10. The van der Waals surface area contributed by atoms with Gasteiger partial charge in [-0.25, -0.2) is 4.98 Å². The van der Waals surface area contributed by atoms with Gasteiger partial charge in [0.15, 0.2) is 5.96 Å². The Morgan fingerprint density at radius 2 is 2.19 bits per heavy atom. The highest BCUT2D eigenvalue weighted by atomic mass is 32.1. The van der Waals surface area contributed by atoms with Crippen molar-refractivity contribution in [2.75, 3.05) is 33.2 Å². The standard InChI is InChI=1S/C19H29N5S2/c1-4-20-19(23(3)13-16-14-26-15(2)22-16)21-12-17(18-8-7-11-25-18)24-9-5-6-10-24/h7-8,11,14,17H,4-6,9-10,12-13H2,1-3H3,(H,20,21). The number of nitrogens with zero attached hydrogens (tertiary/aromatic N) is 4. The Bertz CT molecular complexity index is 689. The van der Waals surface area contributed by atoms with Crippen LogP contribution in [0.2, 0.25) is 0 Å². The lowest BCUT2D eigenvalue weighted by Crippen LogP contribution is -2.39. The molecule has 2 aromatic heterocycles. The lowest BCUT2D eigenvalue weighted by molar-refractivity contribution is 0.254. The lowest BCUT2D eigenvalue weighted by Gasteiger charge is -2.27. The number of aromatic nitrogens is 1. The highest BCUT2D eigenvalue weighted by Crippen LogP contribution is 2.28. The fraction of sp³-hybridized carbons (Fsp3) is 0.579. The average Bonchev–Trinajstić information content (AvgIpc) is 3.37. The molecule has 0 radical (unpaired) electrons. The Morgan fingerprint density at radius 1 is 1.38 bits per heavy atom. The number of nitrogens with one attached hydrogen (secondary N) is 1. The van der Waals surface area contributed by atoms with Gasteiger partial charge in [-0.15, -0.1) is 22.7 Å².